The van der Waals surface area contributed by atoms with E-state index in [-0.39, 0.29) is 0 Å². The molecule has 0 unspecified atom stereocenters. The standard InChI is InChI=1S/C59H39N9Si/c1-4-20-43(21-5-1)69(44-22-6-2-7-23-44,45-24-8-3-9-25-45)46-26-18-19-41(39-46)56-62-55(63-57(64-56)68-54-34-17-16-33-53(54)67-50-30-13-11-28-48(50)61-59(67)68)40-35-37-42(38-36-40)65-51-31-14-15-32-52(51)66-49-29-12-10-27-47(49)60-58(65)66/h1-39H. The van der Waals surface area contributed by atoms with Crippen molar-refractivity contribution in [1.82, 2.24) is 42.9 Å². The highest BCUT2D eigenvalue weighted by molar-refractivity contribution is 7.19. The zero-order chi connectivity index (χ0) is 45.5. The fourth-order valence-corrected chi connectivity index (χ4v) is 15.4. The summed E-state index contributed by atoms with van der Waals surface area (Å²) in [5, 5.41) is 5.10. The summed E-state index contributed by atoms with van der Waals surface area (Å²) in [5.74, 6) is 3.17. The predicted molar refractivity (Wildman–Crippen MR) is 280 cm³/mol. The van der Waals surface area contributed by atoms with Crippen LogP contribution < -0.4 is 20.7 Å². The summed E-state index contributed by atoms with van der Waals surface area (Å²) in [6.07, 6.45) is 0. The maximum Gasteiger partial charge on any atom is 0.241 e. The Morgan fingerprint density at radius 2 is 0.710 bits per heavy atom. The number of benzene rings is 9. The third kappa shape index (κ3) is 5.92. The van der Waals surface area contributed by atoms with Gasteiger partial charge >= 0.3 is 0 Å². The van der Waals surface area contributed by atoms with E-state index in [1.165, 1.54) is 20.7 Å². The van der Waals surface area contributed by atoms with E-state index in [9.17, 15) is 0 Å². The van der Waals surface area contributed by atoms with Crippen molar-refractivity contribution in [2.75, 3.05) is 0 Å². The zero-order valence-corrected chi connectivity index (χ0v) is 38.0. The number of hydrogen-bond donors (Lipinski definition) is 0. The van der Waals surface area contributed by atoms with E-state index in [0.29, 0.717) is 17.6 Å². The first-order chi connectivity index (χ1) is 34.2. The molecule has 0 spiro atoms. The summed E-state index contributed by atoms with van der Waals surface area (Å²) in [5.41, 5.74) is 10.8. The Morgan fingerprint density at radius 3 is 1.25 bits per heavy atom. The maximum atomic E-state index is 5.42. The van der Waals surface area contributed by atoms with E-state index < -0.39 is 8.07 Å². The van der Waals surface area contributed by atoms with Gasteiger partial charge in [0.1, 0.15) is 0 Å². The van der Waals surface area contributed by atoms with E-state index in [1.54, 1.807) is 0 Å². The molecule has 5 aromatic heterocycles. The zero-order valence-electron chi connectivity index (χ0n) is 37.0. The van der Waals surface area contributed by atoms with Crippen molar-refractivity contribution in [2.24, 2.45) is 0 Å². The third-order valence-electron chi connectivity index (χ3n) is 13.6. The van der Waals surface area contributed by atoms with Crippen LogP contribution in [0.1, 0.15) is 0 Å². The number of para-hydroxylation sites is 8. The highest BCUT2D eigenvalue weighted by atomic mass is 28.3. The molecule has 0 radical (unpaired) electrons. The van der Waals surface area contributed by atoms with E-state index >= 15 is 0 Å². The van der Waals surface area contributed by atoms with Crippen LogP contribution in [-0.4, -0.2) is 50.9 Å². The molecule has 0 N–H and O–H groups in total. The van der Waals surface area contributed by atoms with Crippen LogP contribution in [0.4, 0.5) is 0 Å². The lowest BCUT2D eigenvalue weighted by Crippen LogP contribution is -2.74. The van der Waals surface area contributed by atoms with Crippen molar-refractivity contribution in [3.8, 4) is 34.4 Å². The smallest absolute Gasteiger partial charge is 0.241 e. The molecule has 324 valence electrons. The molecule has 9 aromatic carbocycles. The molecule has 5 heterocycles. The average molecular weight is 902 g/mol. The Morgan fingerprint density at radius 1 is 0.290 bits per heavy atom. The molecule has 14 aromatic rings. The molecule has 0 amide bonds. The number of nitrogens with zero attached hydrogens (tertiary/aromatic N) is 9. The van der Waals surface area contributed by atoms with Gasteiger partial charge in [0.2, 0.25) is 17.5 Å². The van der Waals surface area contributed by atoms with Crippen LogP contribution in [0.3, 0.4) is 0 Å². The van der Waals surface area contributed by atoms with Crippen LogP contribution in [0.5, 0.6) is 0 Å². The number of aromatic nitrogens is 9. The highest BCUT2D eigenvalue weighted by Gasteiger charge is 2.41. The van der Waals surface area contributed by atoms with Crippen LogP contribution >= 0.6 is 0 Å². The van der Waals surface area contributed by atoms with Gasteiger partial charge in [-0.15, -0.1) is 0 Å². The third-order valence-corrected chi connectivity index (χ3v) is 18.4. The minimum absolute atomic E-state index is 0.478. The number of imidazole rings is 4. The van der Waals surface area contributed by atoms with Gasteiger partial charge in [-0.25, -0.2) is 19.5 Å². The molecule has 10 heteroatoms. The Bertz CT molecular complexity index is 4150. The molecule has 0 atom stereocenters. The number of hydrogen-bond acceptors (Lipinski definition) is 5. The topological polar surface area (TPSA) is 83.1 Å². The Labute approximate surface area is 396 Å². The molecule has 0 aliphatic heterocycles. The monoisotopic (exact) mass is 901 g/mol. The molecule has 9 nitrogen and oxygen atoms in total. The largest absolute Gasteiger partial charge is 0.278 e. The van der Waals surface area contributed by atoms with Crippen molar-refractivity contribution >= 4 is 84.5 Å². The first kappa shape index (κ1) is 39.0. The van der Waals surface area contributed by atoms with Crippen molar-refractivity contribution in [2.45, 2.75) is 0 Å². The lowest BCUT2D eigenvalue weighted by atomic mass is 10.1. The van der Waals surface area contributed by atoms with Crippen LogP contribution in [0, 0.1) is 0 Å². The molecule has 69 heavy (non-hydrogen) atoms. The van der Waals surface area contributed by atoms with Crippen molar-refractivity contribution in [3.05, 3.63) is 237 Å². The summed E-state index contributed by atoms with van der Waals surface area (Å²) in [6, 6.07) is 83.7. The molecular weight excluding hydrogens is 863 g/mol. The first-order valence-electron chi connectivity index (χ1n) is 23.1. The van der Waals surface area contributed by atoms with Crippen molar-refractivity contribution in [3.63, 3.8) is 0 Å². The molecule has 0 bridgehead atoms. The molecule has 0 saturated heterocycles. The van der Waals surface area contributed by atoms with E-state index in [1.807, 2.05) is 12.1 Å². The van der Waals surface area contributed by atoms with Gasteiger partial charge < -0.3 is 0 Å². The molecule has 0 fully saturated rings. The molecule has 14 rings (SSSR count). The fourth-order valence-electron chi connectivity index (χ4n) is 10.6. The lowest BCUT2D eigenvalue weighted by molar-refractivity contribution is 0.937. The van der Waals surface area contributed by atoms with Crippen LogP contribution in [-0.2, 0) is 0 Å². The van der Waals surface area contributed by atoms with Crippen LogP contribution in [0.25, 0.3) is 90.1 Å². The van der Waals surface area contributed by atoms with E-state index in [2.05, 4.69) is 242 Å². The van der Waals surface area contributed by atoms with Gasteiger partial charge in [0.25, 0.3) is 0 Å². The second-order valence-corrected chi connectivity index (χ2v) is 21.2. The van der Waals surface area contributed by atoms with Gasteiger partial charge in [-0.1, -0.05) is 164 Å². The van der Waals surface area contributed by atoms with Crippen molar-refractivity contribution in [1.29, 1.82) is 0 Å². The minimum Gasteiger partial charge on any atom is -0.278 e. The van der Waals surface area contributed by atoms with Gasteiger partial charge in [-0.2, -0.15) is 9.97 Å². The molecular formula is C59H39N9Si. The predicted octanol–water partition coefficient (Wildman–Crippen LogP) is 10.1. The Kier molecular flexibility index (Phi) is 8.70. The summed E-state index contributed by atoms with van der Waals surface area (Å²) in [6.45, 7) is 0. The summed E-state index contributed by atoms with van der Waals surface area (Å²) < 4.78 is 8.74. The van der Waals surface area contributed by atoms with Crippen LogP contribution in [0.15, 0.2) is 237 Å². The maximum absolute atomic E-state index is 5.42. The number of rotatable bonds is 8. The van der Waals surface area contributed by atoms with Crippen LogP contribution in [0.2, 0.25) is 0 Å². The van der Waals surface area contributed by atoms with Crippen molar-refractivity contribution < 1.29 is 0 Å². The summed E-state index contributed by atoms with van der Waals surface area (Å²) >= 11 is 0. The summed E-state index contributed by atoms with van der Waals surface area (Å²) in [4.78, 5) is 26.5. The summed E-state index contributed by atoms with van der Waals surface area (Å²) in [7, 11) is -2.88. The second-order valence-electron chi connectivity index (χ2n) is 17.4. The first-order valence-corrected chi connectivity index (χ1v) is 25.1. The Hall–Kier alpha value is -9.25. The fraction of sp³-hybridized carbons (Fsp3) is 0. The highest BCUT2D eigenvalue weighted by Crippen LogP contribution is 2.33. The van der Waals surface area contributed by atoms with E-state index in [4.69, 9.17) is 24.9 Å². The average Bonchev–Trinajstić information content (AvgIpc) is 4.17. The quantitative estimate of drug-likeness (QED) is 0.112. The minimum atomic E-state index is -2.88. The van der Waals surface area contributed by atoms with Gasteiger partial charge in [-0.05, 0) is 93.5 Å². The van der Waals surface area contributed by atoms with E-state index in [0.717, 1.165) is 72.5 Å². The Balaban J connectivity index is 0.997. The molecule has 0 aliphatic carbocycles. The van der Waals surface area contributed by atoms with Gasteiger partial charge in [0, 0.05) is 16.8 Å². The van der Waals surface area contributed by atoms with Gasteiger partial charge in [-0.3, -0.25) is 13.4 Å². The van der Waals surface area contributed by atoms with Gasteiger partial charge in [0.15, 0.2) is 19.7 Å². The van der Waals surface area contributed by atoms with Gasteiger partial charge in [0.05, 0.1) is 44.1 Å². The second kappa shape index (κ2) is 15.4. The molecule has 0 aliphatic rings. The number of fused-ring (bicyclic) bond motifs is 10. The molecule has 0 saturated carbocycles. The lowest BCUT2D eigenvalue weighted by Gasteiger charge is -2.34. The normalized spacial score (nSPS) is 12.1. The SMILES string of the molecule is c1ccc([Si](c2ccccc2)(c2ccccc2)c2cccc(-c3nc(-c4ccc(-n5c6ccccc6n6c7ccccc7nc56)cc4)nc(-n4c5ccccc5n5c6ccccc6nc45)n3)c2)cc1.